The van der Waals surface area contributed by atoms with Crippen LogP contribution in [0.5, 0.6) is 5.75 Å². The first kappa shape index (κ1) is 21.3. The molecule has 1 unspecified atom stereocenters. The molecule has 1 aliphatic heterocycles. The molecule has 2 aliphatic rings. The van der Waals surface area contributed by atoms with Crippen molar-refractivity contribution in [3.8, 4) is 17.6 Å². The summed E-state index contributed by atoms with van der Waals surface area (Å²) in [7, 11) is 0. The Morgan fingerprint density at radius 3 is 2.81 bits per heavy atom. The van der Waals surface area contributed by atoms with Crippen molar-refractivity contribution in [3.05, 3.63) is 47.7 Å². The minimum Gasteiger partial charge on any atom is -0.427 e. The zero-order valence-electron chi connectivity index (χ0n) is 18.1. The molecule has 1 aromatic carbocycles. The van der Waals surface area contributed by atoms with Crippen molar-refractivity contribution in [1.82, 2.24) is 15.5 Å². The lowest BCUT2D eigenvalue weighted by atomic mass is 9.84. The van der Waals surface area contributed by atoms with Gasteiger partial charge in [-0.2, -0.15) is 0 Å². The highest BCUT2D eigenvalue weighted by Gasteiger charge is 2.27. The Morgan fingerprint density at radius 2 is 2.03 bits per heavy atom. The molecule has 31 heavy (non-hydrogen) atoms. The predicted octanol–water partition coefficient (Wildman–Crippen LogP) is 3.55. The number of aromatic nitrogens is 2. The van der Waals surface area contributed by atoms with Crippen LogP contribution in [0.2, 0.25) is 0 Å². The fourth-order valence-corrected chi connectivity index (χ4v) is 4.57. The van der Waals surface area contributed by atoms with Crippen molar-refractivity contribution in [1.29, 1.82) is 0 Å². The normalized spacial score (nSPS) is 19.4. The highest BCUT2D eigenvalue weighted by atomic mass is 16.5. The van der Waals surface area contributed by atoms with Gasteiger partial charge in [-0.25, -0.2) is 0 Å². The van der Waals surface area contributed by atoms with Gasteiger partial charge in [0.25, 0.3) is 0 Å². The molecule has 2 fully saturated rings. The van der Waals surface area contributed by atoms with Crippen molar-refractivity contribution >= 4 is 11.8 Å². The first-order valence-corrected chi connectivity index (χ1v) is 11.3. The number of benzene rings is 1. The number of nitrogens with one attached hydrogen (secondary N) is 1. The SMILES string of the molecule is CC(=O)Oc1cccc(C#Cc2ccc(N3CCNCC3CC3CCCCC3)nn2)c1. The summed E-state index contributed by atoms with van der Waals surface area (Å²) in [4.78, 5) is 13.5. The van der Waals surface area contributed by atoms with E-state index in [1.165, 1.54) is 45.4 Å². The standard InChI is InChI=1S/C25H30N4O2/c1-19(30)31-24-9-5-8-21(17-24)10-11-22-12-13-25(28-27-22)29-15-14-26-18-23(29)16-20-6-3-2-4-7-20/h5,8-9,12-13,17,20,23,26H,2-4,6-7,14-16,18H2,1H3. The summed E-state index contributed by atoms with van der Waals surface area (Å²) in [5.41, 5.74) is 1.39. The third kappa shape index (κ3) is 6.05. The molecule has 6 heteroatoms. The van der Waals surface area contributed by atoms with Gasteiger partial charge in [0.05, 0.1) is 0 Å². The number of hydrogen-bond acceptors (Lipinski definition) is 6. The van der Waals surface area contributed by atoms with Crippen LogP contribution in [0.25, 0.3) is 0 Å². The summed E-state index contributed by atoms with van der Waals surface area (Å²) < 4.78 is 5.11. The van der Waals surface area contributed by atoms with Crippen molar-refractivity contribution in [2.45, 2.75) is 51.5 Å². The molecule has 1 N–H and O–H groups in total. The van der Waals surface area contributed by atoms with Crippen LogP contribution in [0.15, 0.2) is 36.4 Å². The molecule has 4 rings (SSSR count). The highest BCUT2D eigenvalue weighted by Crippen LogP contribution is 2.30. The molecule has 0 spiro atoms. The van der Waals surface area contributed by atoms with Gasteiger partial charge in [-0.1, -0.05) is 44.1 Å². The number of piperazine rings is 1. The van der Waals surface area contributed by atoms with E-state index in [9.17, 15) is 4.79 Å². The third-order valence-corrected chi connectivity index (χ3v) is 6.06. The molecular weight excluding hydrogens is 388 g/mol. The molecule has 6 nitrogen and oxygen atoms in total. The average Bonchev–Trinajstić information content (AvgIpc) is 2.79. The van der Waals surface area contributed by atoms with Gasteiger partial charge in [0.15, 0.2) is 5.82 Å². The zero-order valence-corrected chi connectivity index (χ0v) is 18.1. The monoisotopic (exact) mass is 418 g/mol. The maximum atomic E-state index is 11.1. The Bertz CT molecular complexity index is 942. The van der Waals surface area contributed by atoms with Crippen molar-refractivity contribution in [2.24, 2.45) is 5.92 Å². The van der Waals surface area contributed by atoms with E-state index in [1.807, 2.05) is 24.3 Å². The summed E-state index contributed by atoms with van der Waals surface area (Å²) in [6.07, 6.45) is 8.11. The van der Waals surface area contributed by atoms with E-state index in [2.05, 4.69) is 32.3 Å². The van der Waals surface area contributed by atoms with E-state index in [0.717, 1.165) is 36.9 Å². The summed E-state index contributed by atoms with van der Waals surface area (Å²) in [5.74, 6) is 8.04. The number of anilines is 1. The molecule has 2 aromatic rings. The predicted molar refractivity (Wildman–Crippen MR) is 121 cm³/mol. The minimum absolute atomic E-state index is 0.346. The molecule has 0 amide bonds. The smallest absolute Gasteiger partial charge is 0.308 e. The Labute approximate surface area is 184 Å². The molecule has 1 saturated carbocycles. The van der Waals surface area contributed by atoms with Gasteiger partial charge >= 0.3 is 5.97 Å². The van der Waals surface area contributed by atoms with Crippen LogP contribution in [0.4, 0.5) is 5.82 Å². The zero-order chi connectivity index (χ0) is 21.5. The average molecular weight is 419 g/mol. The van der Waals surface area contributed by atoms with Gasteiger partial charge in [0, 0.05) is 38.2 Å². The number of carbonyl (C=O) groups is 1. The molecule has 162 valence electrons. The number of hydrogen-bond donors (Lipinski definition) is 1. The molecular formula is C25H30N4O2. The fourth-order valence-electron chi connectivity index (χ4n) is 4.57. The summed E-state index contributed by atoms with van der Waals surface area (Å²) in [5, 5.41) is 12.4. The van der Waals surface area contributed by atoms with Gasteiger partial charge in [-0.3, -0.25) is 4.79 Å². The second-order valence-electron chi connectivity index (χ2n) is 8.44. The number of ether oxygens (including phenoxy) is 1. The van der Waals surface area contributed by atoms with Crippen LogP contribution in [0, 0.1) is 17.8 Å². The van der Waals surface area contributed by atoms with Crippen LogP contribution in [-0.4, -0.2) is 41.8 Å². The van der Waals surface area contributed by atoms with E-state index >= 15 is 0 Å². The maximum absolute atomic E-state index is 11.1. The first-order valence-electron chi connectivity index (χ1n) is 11.3. The number of carbonyl (C=O) groups excluding carboxylic acids is 1. The van der Waals surface area contributed by atoms with Crippen LogP contribution < -0.4 is 15.0 Å². The summed E-state index contributed by atoms with van der Waals surface area (Å²) in [6, 6.07) is 11.6. The lowest BCUT2D eigenvalue weighted by Gasteiger charge is -2.39. The minimum atomic E-state index is -0.346. The number of rotatable bonds is 4. The molecule has 1 atom stereocenters. The van der Waals surface area contributed by atoms with Crippen LogP contribution in [0.3, 0.4) is 0 Å². The third-order valence-electron chi connectivity index (χ3n) is 6.06. The van der Waals surface area contributed by atoms with E-state index in [-0.39, 0.29) is 5.97 Å². The Hall–Kier alpha value is -2.91. The second-order valence-corrected chi connectivity index (χ2v) is 8.44. The molecule has 2 heterocycles. The summed E-state index contributed by atoms with van der Waals surface area (Å²) >= 11 is 0. The number of nitrogens with zero attached hydrogens (tertiary/aromatic N) is 3. The lowest BCUT2D eigenvalue weighted by molar-refractivity contribution is -0.131. The Balaban J connectivity index is 1.42. The van der Waals surface area contributed by atoms with Gasteiger partial charge in [-0.05, 0) is 48.6 Å². The van der Waals surface area contributed by atoms with Crippen LogP contribution in [0.1, 0.15) is 56.7 Å². The quantitative estimate of drug-likeness (QED) is 0.465. The van der Waals surface area contributed by atoms with E-state index in [4.69, 9.17) is 4.74 Å². The Kier molecular flexibility index (Phi) is 7.16. The second kappa shape index (κ2) is 10.4. The number of esters is 1. The van der Waals surface area contributed by atoms with E-state index in [1.54, 1.807) is 12.1 Å². The molecule has 1 aliphatic carbocycles. The molecule has 0 radical (unpaired) electrons. The van der Waals surface area contributed by atoms with Crippen LogP contribution >= 0.6 is 0 Å². The molecule has 0 bridgehead atoms. The van der Waals surface area contributed by atoms with Crippen molar-refractivity contribution < 1.29 is 9.53 Å². The molecule has 1 saturated heterocycles. The topological polar surface area (TPSA) is 67.3 Å². The van der Waals surface area contributed by atoms with E-state index < -0.39 is 0 Å². The molecule has 1 aromatic heterocycles. The Morgan fingerprint density at radius 1 is 1.16 bits per heavy atom. The maximum Gasteiger partial charge on any atom is 0.308 e. The van der Waals surface area contributed by atoms with Crippen LogP contribution in [-0.2, 0) is 4.79 Å². The largest absolute Gasteiger partial charge is 0.427 e. The summed E-state index contributed by atoms with van der Waals surface area (Å²) in [6.45, 7) is 4.33. The van der Waals surface area contributed by atoms with E-state index in [0.29, 0.717) is 17.5 Å². The van der Waals surface area contributed by atoms with Gasteiger partial charge in [-0.15, -0.1) is 10.2 Å². The van der Waals surface area contributed by atoms with Gasteiger partial charge in [0.1, 0.15) is 11.4 Å². The van der Waals surface area contributed by atoms with Gasteiger partial charge < -0.3 is 15.0 Å². The lowest BCUT2D eigenvalue weighted by Crippen LogP contribution is -2.52. The highest BCUT2D eigenvalue weighted by molar-refractivity contribution is 5.69. The van der Waals surface area contributed by atoms with Crippen molar-refractivity contribution in [2.75, 3.05) is 24.5 Å². The fraction of sp³-hybridized carbons (Fsp3) is 0.480. The van der Waals surface area contributed by atoms with Crippen molar-refractivity contribution in [3.63, 3.8) is 0 Å². The van der Waals surface area contributed by atoms with Gasteiger partial charge in [0.2, 0.25) is 0 Å². The first-order chi connectivity index (χ1) is 15.2.